The smallest absolute Gasteiger partial charge is 0.270 e. The van der Waals surface area contributed by atoms with Crippen molar-refractivity contribution in [3.05, 3.63) is 74.3 Å². The Bertz CT molecular complexity index is 1020. The Kier molecular flexibility index (Phi) is 4.29. The standard InChI is InChI=1S/C18H17N3O3/c1-11-4-2-3-5-12(11)6-9-16(22)19-13-7-8-14-15(10-13)18(24)21-20-17(14)23/h2-5,7-8,10H,6,9H2,1H3,(H,19,22)(H,20,23)(H,21,24). The van der Waals surface area contributed by atoms with Crippen LogP contribution in [0.15, 0.2) is 52.1 Å². The van der Waals surface area contributed by atoms with Gasteiger partial charge in [0.25, 0.3) is 11.1 Å². The van der Waals surface area contributed by atoms with Crippen LogP contribution >= 0.6 is 0 Å². The molecule has 0 fully saturated rings. The number of benzene rings is 2. The highest BCUT2D eigenvalue weighted by molar-refractivity contribution is 5.94. The first-order chi connectivity index (χ1) is 11.5. The number of carbonyl (C=O) groups is 1. The third-order valence-electron chi connectivity index (χ3n) is 3.96. The molecule has 122 valence electrons. The molecule has 6 nitrogen and oxygen atoms in total. The maximum Gasteiger partial charge on any atom is 0.270 e. The Morgan fingerprint density at radius 1 is 1.00 bits per heavy atom. The van der Waals surface area contributed by atoms with Crippen molar-refractivity contribution in [2.45, 2.75) is 19.8 Å². The van der Waals surface area contributed by atoms with Crippen LogP contribution in [-0.2, 0) is 11.2 Å². The molecule has 1 amide bonds. The Hall–Kier alpha value is -3.15. The molecule has 0 bridgehead atoms. The van der Waals surface area contributed by atoms with E-state index in [1.54, 1.807) is 6.07 Å². The number of aromatic nitrogens is 2. The molecule has 0 aliphatic heterocycles. The number of aryl methyl sites for hydroxylation is 2. The summed E-state index contributed by atoms with van der Waals surface area (Å²) in [6.45, 7) is 2.01. The number of anilines is 1. The highest BCUT2D eigenvalue weighted by Crippen LogP contribution is 2.14. The van der Waals surface area contributed by atoms with E-state index in [2.05, 4.69) is 15.5 Å². The molecule has 1 aromatic heterocycles. The van der Waals surface area contributed by atoms with Gasteiger partial charge in [0, 0.05) is 12.1 Å². The van der Waals surface area contributed by atoms with Crippen molar-refractivity contribution in [3.63, 3.8) is 0 Å². The molecule has 3 N–H and O–H groups in total. The summed E-state index contributed by atoms with van der Waals surface area (Å²) in [6.07, 6.45) is 0.987. The van der Waals surface area contributed by atoms with E-state index < -0.39 is 5.56 Å². The number of rotatable bonds is 4. The highest BCUT2D eigenvalue weighted by Gasteiger charge is 2.08. The van der Waals surface area contributed by atoms with Crippen molar-refractivity contribution in [3.8, 4) is 0 Å². The fraction of sp³-hybridized carbons (Fsp3) is 0.167. The molecule has 3 aromatic rings. The molecule has 0 spiro atoms. The third-order valence-corrected chi connectivity index (χ3v) is 3.96. The van der Waals surface area contributed by atoms with Gasteiger partial charge < -0.3 is 5.32 Å². The number of H-pyrrole nitrogens is 2. The van der Waals surface area contributed by atoms with Crippen LogP contribution < -0.4 is 16.4 Å². The van der Waals surface area contributed by atoms with Crippen LogP contribution in [0.4, 0.5) is 5.69 Å². The van der Waals surface area contributed by atoms with E-state index in [0.29, 0.717) is 18.5 Å². The maximum absolute atomic E-state index is 12.1. The molecule has 0 saturated carbocycles. The summed E-state index contributed by atoms with van der Waals surface area (Å²) in [5.74, 6) is -0.140. The Morgan fingerprint density at radius 3 is 2.46 bits per heavy atom. The molecule has 6 heteroatoms. The van der Waals surface area contributed by atoms with Crippen molar-refractivity contribution in [2.24, 2.45) is 0 Å². The Labute approximate surface area is 137 Å². The minimum atomic E-state index is -0.402. The predicted octanol–water partition coefficient (Wildman–Crippen LogP) is 2.10. The molecular formula is C18H17N3O3. The molecule has 0 atom stereocenters. The minimum Gasteiger partial charge on any atom is -0.326 e. The molecule has 24 heavy (non-hydrogen) atoms. The molecule has 1 heterocycles. The van der Waals surface area contributed by atoms with E-state index in [1.807, 2.05) is 31.2 Å². The fourth-order valence-electron chi connectivity index (χ4n) is 2.62. The summed E-state index contributed by atoms with van der Waals surface area (Å²) in [6, 6.07) is 12.6. The van der Waals surface area contributed by atoms with Crippen LogP contribution in [-0.4, -0.2) is 16.1 Å². The second-order valence-electron chi connectivity index (χ2n) is 5.64. The van der Waals surface area contributed by atoms with Crippen molar-refractivity contribution in [1.82, 2.24) is 10.2 Å². The number of hydrogen-bond donors (Lipinski definition) is 3. The number of aromatic amines is 2. The summed E-state index contributed by atoms with van der Waals surface area (Å²) < 4.78 is 0. The van der Waals surface area contributed by atoms with E-state index in [0.717, 1.165) is 11.1 Å². The zero-order chi connectivity index (χ0) is 17.1. The van der Waals surface area contributed by atoms with Crippen LogP contribution in [0.2, 0.25) is 0 Å². The summed E-state index contributed by atoms with van der Waals surface area (Å²) in [4.78, 5) is 35.5. The van der Waals surface area contributed by atoms with Crippen LogP contribution in [0, 0.1) is 6.92 Å². The van der Waals surface area contributed by atoms with Gasteiger partial charge in [0.2, 0.25) is 5.91 Å². The maximum atomic E-state index is 12.1. The van der Waals surface area contributed by atoms with Gasteiger partial charge in [0.1, 0.15) is 0 Å². The lowest BCUT2D eigenvalue weighted by atomic mass is 10.0. The van der Waals surface area contributed by atoms with Gasteiger partial charge in [0.15, 0.2) is 0 Å². The van der Waals surface area contributed by atoms with Crippen LogP contribution in [0.1, 0.15) is 17.5 Å². The summed E-state index contributed by atoms with van der Waals surface area (Å²) in [5, 5.41) is 7.84. The molecule has 2 aromatic carbocycles. The molecule has 0 aliphatic rings. The second-order valence-corrected chi connectivity index (χ2v) is 5.64. The van der Waals surface area contributed by atoms with Crippen LogP contribution in [0.25, 0.3) is 10.8 Å². The Balaban J connectivity index is 1.74. The number of nitrogens with one attached hydrogen (secondary N) is 3. The molecule has 0 radical (unpaired) electrons. The van der Waals surface area contributed by atoms with E-state index in [9.17, 15) is 14.4 Å². The monoisotopic (exact) mass is 323 g/mol. The number of carbonyl (C=O) groups excluding carboxylic acids is 1. The lowest BCUT2D eigenvalue weighted by Gasteiger charge is -2.07. The van der Waals surface area contributed by atoms with Crippen molar-refractivity contribution >= 4 is 22.4 Å². The van der Waals surface area contributed by atoms with Crippen molar-refractivity contribution in [2.75, 3.05) is 5.32 Å². The average molecular weight is 323 g/mol. The van der Waals surface area contributed by atoms with Crippen molar-refractivity contribution in [1.29, 1.82) is 0 Å². The van der Waals surface area contributed by atoms with Gasteiger partial charge in [-0.25, -0.2) is 0 Å². The van der Waals surface area contributed by atoms with E-state index >= 15 is 0 Å². The van der Waals surface area contributed by atoms with E-state index in [-0.39, 0.29) is 22.2 Å². The molecule has 0 aliphatic carbocycles. The van der Waals surface area contributed by atoms with E-state index in [4.69, 9.17) is 0 Å². The first-order valence-corrected chi connectivity index (χ1v) is 7.63. The molecule has 0 saturated heterocycles. The summed E-state index contributed by atoms with van der Waals surface area (Å²) >= 11 is 0. The predicted molar refractivity (Wildman–Crippen MR) is 93.3 cm³/mol. The lowest BCUT2D eigenvalue weighted by molar-refractivity contribution is -0.116. The number of amides is 1. The molecule has 0 unspecified atom stereocenters. The zero-order valence-corrected chi connectivity index (χ0v) is 13.2. The third kappa shape index (κ3) is 3.27. The van der Waals surface area contributed by atoms with Gasteiger partial charge in [-0.2, -0.15) is 0 Å². The SMILES string of the molecule is Cc1ccccc1CCC(=O)Nc1ccc2c(=O)[nH][nH]c(=O)c2c1. The average Bonchev–Trinajstić information content (AvgIpc) is 2.58. The van der Waals surface area contributed by atoms with Crippen LogP contribution in [0.5, 0.6) is 0 Å². The van der Waals surface area contributed by atoms with Gasteiger partial charge in [-0.3, -0.25) is 24.6 Å². The summed E-state index contributed by atoms with van der Waals surface area (Å²) in [5.41, 5.74) is 2.01. The second kappa shape index (κ2) is 6.54. The van der Waals surface area contributed by atoms with E-state index in [1.165, 1.54) is 12.1 Å². The molecular weight excluding hydrogens is 306 g/mol. The quantitative estimate of drug-likeness (QED) is 0.686. The fourth-order valence-corrected chi connectivity index (χ4v) is 2.62. The lowest BCUT2D eigenvalue weighted by Crippen LogP contribution is -2.19. The Morgan fingerprint density at radius 2 is 1.71 bits per heavy atom. The van der Waals surface area contributed by atoms with Gasteiger partial charge in [0.05, 0.1) is 10.8 Å². The van der Waals surface area contributed by atoms with Crippen molar-refractivity contribution < 1.29 is 4.79 Å². The van der Waals surface area contributed by atoms with Crippen LogP contribution in [0.3, 0.4) is 0 Å². The van der Waals surface area contributed by atoms with Gasteiger partial charge >= 0.3 is 0 Å². The number of fused-ring (bicyclic) bond motifs is 1. The highest BCUT2D eigenvalue weighted by atomic mass is 16.2. The molecule has 3 rings (SSSR count). The minimum absolute atomic E-state index is 0.140. The van der Waals surface area contributed by atoms with Gasteiger partial charge in [-0.1, -0.05) is 24.3 Å². The topological polar surface area (TPSA) is 94.8 Å². The largest absolute Gasteiger partial charge is 0.326 e. The zero-order valence-electron chi connectivity index (χ0n) is 13.2. The normalized spacial score (nSPS) is 10.7. The first kappa shape index (κ1) is 15.7. The summed E-state index contributed by atoms with van der Waals surface area (Å²) in [7, 11) is 0. The van der Waals surface area contributed by atoms with Gasteiger partial charge in [-0.05, 0) is 42.7 Å². The first-order valence-electron chi connectivity index (χ1n) is 7.63. The number of hydrogen-bond acceptors (Lipinski definition) is 3. The van der Waals surface area contributed by atoms with Gasteiger partial charge in [-0.15, -0.1) is 0 Å².